The maximum atomic E-state index is 12.5. The Morgan fingerprint density at radius 3 is 2.00 bits per heavy atom. The predicted molar refractivity (Wildman–Crippen MR) is 136 cm³/mol. The number of amides is 2. The van der Waals surface area contributed by atoms with Crippen molar-refractivity contribution in [1.82, 2.24) is 0 Å². The van der Waals surface area contributed by atoms with Crippen LogP contribution in [0.15, 0.2) is 76.8 Å². The molecule has 178 valence electrons. The molecule has 0 saturated heterocycles. The maximum Gasteiger partial charge on any atom is 0.266 e. The Bertz CT molecular complexity index is 1270. The number of nitriles is 1. The Kier molecular flexibility index (Phi) is 8.87. The van der Waals surface area contributed by atoms with Gasteiger partial charge in [-0.05, 0) is 88.2 Å². The number of benzene rings is 3. The third kappa shape index (κ3) is 7.35. The number of carbonyl (C=O) groups is 2. The van der Waals surface area contributed by atoms with Gasteiger partial charge in [0.15, 0.2) is 6.61 Å². The number of anilines is 2. The first kappa shape index (κ1) is 25.3. The van der Waals surface area contributed by atoms with Crippen molar-refractivity contribution in [3.8, 4) is 23.3 Å². The van der Waals surface area contributed by atoms with Crippen LogP contribution in [-0.4, -0.2) is 32.6 Å². The van der Waals surface area contributed by atoms with Crippen molar-refractivity contribution in [2.45, 2.75) is 0 Å². The predicted octanol–water partition coefficient (Wildman–Crippen LogP) is 5.03. The lowest BCUT2D eigenvalue weighted by Gasteiger charge is -2.10. The zero-order valence-corrected chi connectivity index (χ0v) is 20.6. The zero-order chi connectivity index (χ0) is 25.2. The van der Waals surface area contributed by atoms with Crippen LogP contribution in [-0.2, 0) is 9.59 Å². The number of hydrogen-bond acceptors (Lipinski definition) is 6. The molecule has 0 fully saturated rings. The van der Waals surface area contributed by atoms with E-state index in [0.29, 0.717) is 38.7 Å². The quantitative estimate of drug-likeness (QED) is 0.293. The Morgan fingerprint density at radius 2 is 1.49 bits per heavy atom. The van der Waals surface area contributed by atoms with Gasteiger partial charge in [-0.3, -0.25) is 9.59 Å². The van der Waals surface area contributed by atoms with Crippen LogP contribution >= 0.6 is 15.9 Å². The molecule has 0 radical (unpaired) electrons. The van der Waals surface area contributed by atoms with Crippen LogP contribution in [0.25, 0.3) is 6.08 Å². The molecule has 0 saturated carbocycles. The second kappa shape index (κ2) is 12.3. The molecule has 0 heterocycles. The highest BCUT2D eigenvalue weighted by Gasteiger charge is 2.11. The van der Waals surface area contributed by atoms with Gasteiger partial charge in [-0.25, -0.2) is 0 Å². The van der Waals surface area contributed by atoms with Crippen molar-refractivity contribution in [2.24, 2.45) is 0 Å². The number of nitrogens with zero attached hydrogens (tertiary/aromatic N) is 1. The van der Waals surface area contributed by atoms with Crippen molar-refractivity contribution in [3.05, 3.63) is 82.3 Å². The van der Waals surface area contributed by atoms with Gasteiger partial charge >= 0.3 is 0 Å². The first-order valence-corrected chi connectivity index (χ1v) is 11.1. The fourth-order valence-electron chi connectivity index (χ4n) is 2.93. The molecule has 3 rings (SSSR count). The van der Waals surface area contributed by atoms with Crippen LogP contribution in [0.5, 0.6) is 17.2 Å². The first-order valence-electron chi connectivity index (χ1n) is 10.4. The van der Waals surface area contributed by atoms with Gasteiger partial charge < -0.3 is 24.8 Å². The van der Waals surface area contributed by atoms with Gasteiger partial charge in [-0.15, -0.1) is 0 Å². The van der Waals surface area contributed by atoms with Crippen molar-refractivity contribution in [3.63, 3.8) is 0 Å². The molecule has 8 nitrogen and oxygen atoms in total. The topological polar surface area (TPSA) is 110 Å². The molecular formula is C26H22BrN3O5. The van der Waals surface area contributed by atoms with Crippen LogP contribution in [0.4, 0.5) is 11.4 Å². The molecule has 0 bridgehead atoms. The highest BCUT2D eigenvalue weighted by atomic mass is 79.9. The summed E-state index contributed by atoms with van der Waals surface area (Å²) in [5, 5.41) is 14.9. The maximum absolute atomic E-state index is 12.5. The highest BCUT2D eigenvalue weighted by molar-refractivity contribution is 9.10. The van der Waals surface area contributed by atoms with E-state index >= 15 is 0 Å². The lowest BCUT2D eigenvalue weighted by atomic mass is 10.1. The smallest absolute Gasteiger partial charge is 0.266 e. The van der Waals surface area contributed by atoms with Crippen molar-refractivity contribution in [2.75, 3.05) is 31.5 Å². The number of halogens is 1. The van der Waals surface area contributed by atoms with Gasteiger partial charge in [0.25, 0.3) is 11.8 Å². The number of carbonyl (C=O) groups excluding carboxylic acids is 2. The summed E-state index contributed by atoms with van der Waals surface area (Å²) < 4.78 is 16.3. The van der Waals surface area contributed by atoms with Crippen LogP contribution < -0.4 is 24.8 Å². The van der Waals surface area contributed by atoms with Crippen molar-refractivity contribution < 1.29 is 23.8 Å². The molecule has 0 unspecified atom stereocenters. The van der Waals surface area contributed by atoms with E-state index in [9.17, 15) is 14.9 Å². The molecule has 0 aromatic heterocycles. The molecule has 0 aliphatic heterocycles. The van der Waals surface area contributed by atoms with Gasteiger partial charge in [-0.1, -0.05) is 6.07 Å². The van der Waals surface area contributed by atoms with Crippen molar-refractivity contribution in [1.29, 1.82) is 5.26 Å². The van der Waals surface area contributed by atoms with Crippen LogP contribution in [0, 0.1) is 11.3 Å². The molecule has 0 spiro atoms. The second-order valence-electron chi connectivity index (χ2n) is 7.11. The van der Waals surface area contributed by atoms with E-state index in [1.54, 1.807) is 80.9 Å². The van der Waals surface area contributed by atoms with E-state index in [2.05, 4.69) is 26.6 Å². The number of ether oxygens (including phenoxy) is 3. The van der Waals surface area contributed by atoms with Crippen LogP contribution in [0.1, 0.15) is 5.56 Å². The lowest BCUT2D eigenvalue weighted by molar-refractivity contribution is -0.118. The lowest BCUT2D eigenvalue weighted by Crippen LogP contribution is -2.20. The van der Waals surface area contributed by atoms with E-state index in [-0.39, 0.29) is 18.1 Å². The van der Waals surface area contributed by atoms with Gasteiger partial charge in [0, 0.05) is 11.4 Å². The number of nitrogens with one attached hydrogen (secondary N) is 2. The molecule has 2 amide bonds. The summed E-state index contributed by atoms with van der Waals surface area (Å²) in [6, 6.07) is 20.6. The second-order valence-corrected chi connectivity index (χ2v) is 7.96. The zero-order valence-electron chi connectivity index (χ0n) is 19.0. The summed E-state index contributed by atoms with van der Waals surface area (Å²) in [6.07, 6.45) is 1.46. The SMILES string of the molecule is COc1ccc(NC(=O)COc2ccc(/C=C(/C#N)C(=O)Nc3ccc(OC)cc3)cc2Br)cc1. The summed E-state index contributed by atoms with van der Waals surface area (Å²) in [6.45, 7) is -0.201. The third-order valence-electron chi connectivity index (χ3n) is 4.71. The van der Waals surface area contributed by atoms with E-state index in [1.807, 2.05) is 6.07 Å². The van der Waals surface area contributed by atoms with Gasteiger partial charge in [0.2, 0.25) is 0 Å². The van der Waals surface area contributed by atoms with E-state index in [4.69, 9.17) is 14.2 Å². The third-order valence-corrected chi connectivity index (χ3v) is 5.33. The Hall–Kier alpha value is -4.29. The van der Waals surface area contributed by atoms with Crippen LogP contribution in [0.2, 0.25) is 0 Å². The number of hydrogen-bond donors (Lipinski definition) is 2. The molecule has 35 heavy (non-hydrogen) atoms. The standard InChI is InChI=1S/C26H22BrN3O5/c1-33-21-8-4-19(5-9-21)29-25(31)16-35-24-12-3-17(14-23(24)27)13-18(15-28)26(32)30-20-6-10-22(34-2)11-7-20/h3-14H,16H2,1-2H3,(H,29,31)(H,30,32)/b18-13-. The summed E-state index contributed by atoms with van der Waals surface area (Å²) in [4.78, 5) is 24.7. The fourth-order valence-corrected chi connectivity index (χ4v) is 3.44. The first-order chi connectivity index (χ1) is 16.9. The minimum atomic E-state index is -0.538. The molecule has 0 aliphatic carbocycles. The fraction of sp³-hybridized carbons (Fsp3) is 0.115. The minimum Gasteiger partial charge on any atom is -0.497 e. The number of methoxy groups -OCH3 is 2. The summed E-state index contributed by atoms with van der Waals surface area (Å²) in [5.74, 6) is 0.921. The van der Waals surface area contributed by atoms with E-state index < -0.39 is 5.91 Å². The molecule has 0 aliphatic rings. The molecule has 3 aromatic rings. The molecular weight excluding hydrogens is 514 g/mol. The van der Waals surface area contributed by atoms with E-state index in [0.717, 1.165) is 0 Å². The Morgan fingerprint density at radius 1 is 0.914 bits per heavy atom. The molecule has 3 aromatic carbocycles. The summed E-state index contributed by atoms with van der Waals surface area (Å²) >= 11 is 3.40. The molecule has 0 atom stereocenters. The van der Waals surface area contributed by atoms with Crippen LogP contribution in [0.3, 0.4) is 0 Å². The Labute approximate surface area is 211 Å². The summed E-state index contributed by atoms with van der Waals surface area (Å²) in [5.41, 5.74) is 1.69. The van der Waals surface area contributed by atoms with Crippen molar-refractivity contribution >= 4 is 45.2 Å². The molecule has 2 N–H and O–H groups in total. The monoisotopic (exact) mass is 535 g/mol. The largest absolute Gasteiger partial charge is 0.497 e. The van der Waals surface area contributed by atoms with Gasteiger partial charge in [0.05, 0.1) is 18.7 Å². The molecule has 9 heteroatoms. The van der Waals surface area contributed by atoms with Gasteiger partial charge in [-0.2, -0.15) is 5.26 Å². The normalized spacial score (nSPS) is 10.6. The number of rotatable bonds is 9. The average molecular weight is 536 g/mol. The van der Waals surface area contributed by atoms with Gasteiger partial charge in [0.1, 0.15) is 28.9 Å². The summed E-state index contributed by atoms with van der Waals surface area (Å²) in [7, 11) is 3.12. The van der Waals surface area contributed by atoms with E-state index in [1.165, 1.54) is 6.08 Å². The highest BCUT2D eigenvalue weighted by Crippen LogP contribution is 2.27. The Balaban J connectivity index is 1.60. The average Bonchev–Trinajstić information content (AvgIpc) is 2.87. The minimum absolute atomic E-state index is 0.0692.